The van der Waals surface area contributed by atoms with Crippen LogP contribution in [0, 0.1) is 13.5 Å². The average Bonchev–Trinajstić information content (AvgIpc) is 2.78. The lowest BCUT2D eigenvalue weighted by atomic mass is 9.93. The largest absolute Gasteiger partial charge is 0.496 e. The van der Waals surface area contributed by atoms with Gasteiger partial charge in [-0.1, -0.05) is 47.3 Å². The Hall–Kier alpha value is -3.11. The number of benzene rings is 2. The van der Waals surface area contributed by atoms with Gasteiger partial charge in [-0.05, 0) is 60.4 Å². The van der Waals surface area contributed by atoms with E-state index in [0.29, 0.717) is 29.8 Å². The van der Waals surface area contributed by atoms with Gasteiger partial charge in [-0.15, -0.1) is 0 Å². The molecule has 0 amide bonds. The van der Waals surface area contributed by atoms with Gasteiger partial charge in [-0.25, -0.2) is 4.85 Å². The van der Waals surface area contributed by atoms with Crippen LogP contribution in [0.1, 0.15) is 46.3 Å². The van der Waals surface area contributed by atoms with Gasteiger partial charge < -0.3 is 9.57 Å². The van der Waals surface area contributed by atoms with E-state index in [0.717, 1.165) is 34.0 Å². The van der Waals surface area contributed by atoms with Crippen LogP contribution in [0.5, 0.6) is 5.75 Å². The van der Waals surface area contributed by atoms with E-state index in [2.05, 4.69) is 14.8 Å². The number of carbonyl (C=O) groups excluding carboxylic acids is 1. The first-order valence-electron chi connectivity index (χ1n) is 9.66. The Morgan fingerprint density at radius 3 is 2.52 bits per heavy atom. The van der Waals surface area contributed by atoms with E-state index in [4.69, 9.17) is 11.3 Å². The molecule has 0 aliphatic carbocycles. The maximum absolute atomic E-state index is 13.5. The smallest absolute Gasteiger partial charge is 0.226 e. The van der Waals surface area contributed by atoms with Gasteiger partial charge in [0, 0.05) is 6.42 Å². The molecule has 2 aromatic carbocycles. The predicted octanol–water partition coefficient (Wildman–Crippen LogP) is 6.59. The summed E-state index contributed by atoms with van der Waals surface area (Å²) in [5, 5.41) is 3.21. The highest BCUT2D eigenvalue weighted by Crippen LogP contribution is 2.34. The van der Waals surface area contributed by atoms with Gasteiger partial charge in [-0.3, -0.25) is 4.79 Å². The topological polar surface area (TPSA) is 52.2 Å². The Labute approximate surface area is 186 Å². The summed E-state index contributed by atoms with van der Waals surface area (Å²) in [5.74, 6) is 0.00987. The van der Waals surface area contributed by atoms with E-state index >= 15 is 0 Å². The number of thioether (sulfide) groups is 1. The van der Waals surface area contributed by atoms with Crippen LogP contribution in [0.4, 0.5) is 10.1 Å². The number of hydrogen-bond acceptors (Lipinski definition) is 5. The molecule has 0 radical (unpaired) electrons. The quantitative estimate of drug-likeness (QED) is 0.191. The lowest BCUT2D eigenvalue weighted by molar-refractivity contribution is 0.108. The summed E-state index contributed by atoms with van der Waals surface area (Å²) >= 11 is 1.13. The van der Waals surface area contributed by atoms with E-state index in [-0.39, 0.29) is 11.5 Å². The molecule has 162 valence electrons. The van der Waals surface area contributed by atoms with Crippen molar-refractivity contribution in [3.63, 3.8) is 0 Å². The number of halogens is 1. The number of methoxy groups -OCH3 is 1. The van der Waals surface area contributed by atoms with Crippen molar-refractivity contribution in [2.24, 2.45) is 5.16 Å². The lowest BCUT2D eigenvalue weighted by Crippen LogP contribution is -2.02. The predicted molar refractivity (Wildman–Crippen MR) is 125 cm³/mol. The number of unbranched alkanes of at least 4 members (excludes halogenated alkanes) is 1. The fraction of sp³-hybridized carbons (Fsp3) is 0.292. The number of carbonyl (C=O) groups is 1. The van der Waals surface area contributed by atoms with E-state index < -0.39 is 5.97 Å². The lowest BCUT2D eigenvalue weighted by Gasteiger charge is -2.15. The van der Waals surface area contributed by atoms with Crippen LogP contribution >= 0.6 is 11.8 Å². The van der Waals surface area contributed by atoms with Crippen LogP contribution in [-0.2, 0) is 4.84 Å². The molecule has 0 aliphatic rings. The highest BCUT2D eigenvalue weighted by atomic mass is 32.2. The summed E-state index contributed by atoms with van der Waals surface area (Å²) in [4.78, 5) is 20.4. The summed E-state index contributed by atoms with van der Waals surface area (Å²) in [6.07, 6.45) is 5.07. The van der Waals surface area contributed by atoms with Crippen molar-refractivity contribution >= 4 is 34.1 Å². The zero-order valence-electron chi connectivity index (χ0n) is 18.1. The molecular formula is C24H25FN2O3S. The molecule has 0 unspecified atom stereocenters. The first-order chi connectivity index (χ1) is 14.9. The summed E-state index contributed by atoms with van der Waals surface area (Å²) in [6.45, 7) is 9.06. The van der Waals surface area contributed by atoms with Crippen molar-refractivity contribution < 1.29 is 18.8 Å². The van der Waals surface area contributed by atoms with Gasteiger partial charge in [0.1, 0.15) is 12.9 Å². The Morgan fingerprint density at radius 1 is 1.23 bits per heavy atom. The van der Waals surface area contributed by atoms with E-state index in [1.807, 2.05) is 37.3 Å². The zero-order chi connectivity index (χ0) is 22.8. The molecule has 0 aromatic heterocycles. The molecular weight excluding hydrogens is 415 g/mol. The van der Waals surface area contributed by atoms with Crippen molar-refractivity contribution in [2.45, 2.75) is 26.2 Å². The van der Waals surface area contributed by atoms with Gasteiger partial charge in [0.15, 0.2) is 5.69 Å². The minimum atomic E-state index is -0.549. The van der Waals surface area contributed by atoms with Crippen molar-refractivity contribution in [3.05, 3.63) is 76.1 Å². The van der Waals surface area contributed by atoms with Gasteiger partial charge in [0.05, 0.1) is 19.2 Å². The van der Waals surface area contributed by atoms with Crippen molar-refractivity contribution in [1.29, 1.82) is 0 Å². The van der Waals surface area contributed by atoms with Crippen LogP contribution in [0.15, 0.2) is 47.6 Å². The second-order valence-corrected chi connectivity index (χ2v) is 7.46. The standard InChI is InChI=1S/C24H25FN2O3S/c1-16-14-18(15-21(23(16)29-3)24(28)31-5)20(8-6-7-9-22(25)27-30-4)17-10-12-19(26-2)13-11-17/h8,10-15H,6-7,9H2,1,3-5H3/b20-8-,27-22-. The first kappa shape index (κ1) is 24.2. The highest BCUT2D eigenvalue weighted by Gasteiger charge is 2.17. The van der Waals surface area contributed by atoms with Crippen LogP contribution in [0.25, 0.3) is 10.4 Å². The van der Waals surface area contributed by atoms with Crippen molar-refractivity contribution in [2.75, 3.05) is 20.5 Å². The van der Waals surface area contributed by atoms with Crippen LogP contribution < -0.4 is 4.74 Å². The molecule has 5 nitrogen and oxygen atoms in total. The van der Waals surface area contributed by atoms with Crippen LogP contribution in [-0.4, -0.2) is 31.6 Å². The Kier molecular flexibility index (Phi) is 9.29. The molecule has 0 fully saturated rings. The second kappa shape index (κ2) is 11.9. The zero-order valence-corrected chi connectivity index (χ0v) is 18.9. The molecule has 0 saturated heterocycles. The van der Waals surface area contributed by atoms with Crippen LogP contribution in [0.2, 0.25) is 0 Å². The highest BCUT2D eigenvalue weighted by molar-refractivity contribution is 8.13. The minimum absolute atomic E-state index is 0.0812. The molecule has 0 N–H and O–H groups in total. The fourth-order valence-electron chi connectivity index (χ4n) is 3.22. The maximum atomic E-state index is 13.5. The SMILES string of the molecule is [C-]#[N+]c1ccc(/C(=C/CCC/C(F)=N/OC)c2cc(C)c(OC)c(C(=O)SC)c2)cc1. The molecule has 31 heavy (non-hydrogen) atoms. The van der Waals surface area contributed by atoms with E-state index in [1.54, 1.807) is 25.5 Å². The number of nitrogens with zero attached hydrogens (tertiary/aromatic N) is 2. The second-order valence-electron chi connectivity index (χ2n) is 6.68. The molecule has 2 aromatic rings. The summed E-state index contributed by atoms with van der Waals surface area (Å²) < 4.78 is 19.0. The number of hydrogen-bond donors (Lipinski definition) is 0. The summed E-state index contributed by atoms with van der Waals surface area (Å²) in [6, 6.07) is 11.1. The van der Waals surface area contributed by atoms with E-state index in [9.17, 15) is 9.18 Å². The van der Waals surface area contributed by atoms with Gasteiger partial charge >= 0.3 is 0 Å². The first-order valence-corrected chi connectivity index (χ1v) is 10.9. The minimum Gasteiger partial charge on any atom is -0.496 e. The number of aryl methyl sites for hydroxylation is 1. The maximum Gasteiger partial charge on any atom is 0.226 e. The Morgan fingerprint density at radius 2 is 1.94 bits per heavy atom. The summed E-state index contributed by atoms with van der Waals surface area (Å²) in [7, 11) is 2.86. The molecule has 0 saturated carbocycles. The molecule has 7 heteroatoms. The number of ether oxygens (including phenoxy) is 1. The average molecular weight is 441 g/mol. The summed E-state index contributed by atoms with van der Waals surface area (Å²) in [5.41, 5.74) is 4.57. The van der Waals surface area contributed by atoms with Gasteiger partial charge in [-0.2, -0.15) is 4.39 Å². The molecule has 2 rings (SSSR count). The van der Waals surface area contributed by atoms with Gasteiger partial charge in [0.25, 0.3) is 0 Å². The Bertz CT molecular complexity index is 1020. The van der Waals surface area contributed by atoms with Crippen LogP contribution in [0.3, 0.4) is 0 Å². The molecule has 0 heterocycles. The molecule has 0 bridgehead atoms. The number of oxime groups is 1. The van der Waals surface area contributed by atoms with Crippen molar-refractivity contribution in [1.82, 2.24) is 0 Å². The Balaban J connectivity index is 2.50. The molecule has 0 atom stereocenters. The monoisotopic (exact) mass is 440 g/mol. The third-order valence-corrected chi connectivity index (χ3v) is 5.22. The number of allylic oxidation sites excluding steroid dienone is 1. The van der Waals surface area contributed by atoms with Gasteiger partial charge in [0.2, 0.25) is 11.1 Å². The van der Waals surface area contributed by atoms with E-state index in [1.165, 1.54) is 7.11 Å². The molecule has 0 aliphatic heterocycles. The fourth-order valence-corrected chi connectivity index (χ4v) is 3.59. The van der Waals surface area contributed by atoms with Crippen molar-refractivity contribution in [3.8, 4) is 5.75 Å². The normalized spacial score (nSPS) is 11.7. The molecule has 0 spiro atoms. The third kappa shape index (κ3) is 6.43. The number of rotatable bonds is 9. The third-order valence-electron chi connectivity index (χ3n) is 4.63.